The van der Waals surface area contributed by atoms with Gasteiger partial charge in [0.1, 0.15) is 11.6 Å². The van der Waals surface area contributed by atoms with Crippen molar-refractivity contribution in [3.63, 3.8) is 0 Å². The number of benzene rings is 1. The summed E-state index contributed by atoms with van der Waals surface area (Å²) < 4.78 is 13.7. The molecule has 0 fully saturated rings. The lowest BCUT2D eigenvalue weighted by Crippen LogP contribution is -2.20. The van der Waals surface area contributed by atoms with Gasteiger partial charge in [-0.25, -0.2) is 9.37 Å². The third-order valence-corrected chi connectivity index (χ3v) is 3.81. The molecule has 1 aromatic carbocycles. The normalized spacial score (nSPS) is 14.7. The summed E-state index contributed by atoms with van der Waals surface area (Å²) >= 11 is 0. The van der Waals surface area contributed by atoms with E-state index in [0.717, 1.165) is 43.4 Å². The van der Waals surface area contributed by atoms with Crippen LogP contribution in [0, 0.1) is 5.82 Å². The lowest BCUT2D eigenvalue weighted by molar-refractivity contribution is 0.611. The van der Waals surface area contributed by atoms with Crippen LogP contribution < -0.4 is 5.56 Å². The maximum absolute atomic E-state index is 13.7. The summed E-state index contributed by atoms with van der Waals surface area (Å²) in [6, 6.07) is 6.60. The van der Waals surface area contributed by atoms with Gasteiger partial charge in [0.2, 0.25) is 0 Å². The second kappa shape index (κ2) is 5.57. The summed E-state index contributed by atoms with van der Waals surface area (Å²) in [5.41, 5.74) is 2.23. The van der Waals surface area contributed by atoms with Crippen LogP contribution in [0.5, 0.6) is 0 Å². The lowest BCUT2D eigenvalue weighted by Gasteiger charge is -2.08. The maximum atomic E-state index is 13.7. The van der Waals surface area contributed by atoms with Gasteiger partial charge in [-0.3, -0.25) is 4.79 Å². The van der Waals surface area contributed by atoms with Crippen LogP contribution in [0.4, 0.5) is 4.39 Å². The summed E-state index contributed by atoms with van der Waals surface area (Å²) in [6.07, 6.45) is 5.24. The summed E-state index contributed by atoms with van der Waals surface area (Å²) in [4.78, 5) is 19.5. The average Bonchev–Trinajstić information content (AvgIpc) is 2.67. The maximum Gasteiger partial charge on any atom is 0.254 e. The molecule has 104 valence electrons. The van der Waals surface area contributed by atoms with E-state index in [9.17, 15) is 9.18 Å². The zero-order valence-corrected chi connectivity index (χ0v) is 11.3. The van der Waals surface area contributed by atoms with Gasteiger partial charge in [-0.1, -0.05) is 24.6 Å². The number of halogens is 1. The Bertz CT molecular complexity index is 678. The minimum Gasteiger partial charge on any atom is -0.310 e. The van der Waals surface area contributed by atoms with Crippen molar-refractivity contribution in [2.75, 3.05) is 0 Å². The molecule has 0 bridgehead atoms. The summed E-state index contributed by atoms with van der Waals surface area (Å²) in [5, 5.41) is 0. The molecule has 0 spiro atoms. The Labute approximate surface area is 116 Å². The SMILES string of the molecule is O=c1[nH]c(Cc2ccccc2F)nc2c1CCCCC2. The molecule has 1 heterocycles. The van der Waals surface area contributed by atoms with Crippen molar-refractivity contribution < 1.29 is 4.39 Å². The van der Waals surface area contributed by atoms with Crippen molar-refractivity contribution in [1.82, 2.24) is 9.97 Å². The van der Waals surface area contributed by atoms with Gasteiger partial charge >= 0.3 is 0 Å². The fourth-order valence-electron chi connectivity index (χ4n) is 2.74. The van der Waals surface area contributed by atoms with Gasteiger partial charge in [0.15, 0.2) is 0 Å². The standard InChI is InChI=1S/C16H17FN2O/c17-13-8-5-4-6-11(13)10-15-18-14-9-3-1-2-7-12(14)16(20)19-15/h4-6,8H,1-3,7,9-10H2,(H,18,19,20). The van der Waals surface area contributed by atoms with Gasteiger partial charge in [0, 0.05) is 12.0 Å². The highest BCUT2D eigenvalue weighted by Gasteiger charge is 2.15. The van der Waals surface area contributed by atoms with Gasteiger partial charge in [0.25, 0.3) is 5.56 Å². The first-order chi connectivity index (χ1) is 9.74. The highest BCUT2D eigenvalue weighted by Crippen LogP contribution is 2.17. The topological polar surface area (TPSA) is 45.8 Å². The molecule has 3 rings (SSSR count). The number of nitrogens with one attached hydrogen (secondary N) is 1. The quantitative estimate of drug-likeness (QED) is 0.854. The second-order valence-corrected chi connectivity index (χ2v) is 5.27. The third kappa shape index (κ3) is 2.64. The van der Waals surface area contributed by atoms with Crippen molar-refractivity contribution >= 4 is 0 Å². The third-order valence-electron chi connectivity index (χ3n) is 3.81. The Balaban J connectivity index is 1.95. The Morgan fingerprint density at radius 1 is 1.15 bits per heavy atom. The van der Waals surface area contributed by atoms with Crippen LogP contribution in [0.25, 0.3) is 0 Å². The second-order valence-electron chi connectivity index (χ2n) is 5.27. The first-order valence-corrected chi connectivity index (χ1v) is 7.08. The number of hydrogen-bond donors (Lipinski definition) is 1. The molecule has 1 N–H and O–H groups in total. The van der Waals surface area contributed by atoms with Gasteiger partial charge in [0.05, 0.1) is 5.69 Å². The smallest absolute Gasteiger partial charge is 0.254 e. The van der Waals surface area contributed by atoms with Crippen molar-refractivity contribution in [2.45, 2.75) is 38.5 Å². The highest BCUT2D eigenvalue weighted by atomic mass is 19.1. The van der Waals surface area contributed by atoms with E-state index in [-0.39, 0.29) is 11.4 Å². The van der Waals surface area contributed by atoms with Crippen LogP contribution in [0.3, 0.4) is 0 Å². The molecule has 0 atom stereocenters. The van der Waals surface area contributed by atoms with Crippen LogP contribution in [0.15, 0.2) is 29.1 Å². The van der Waals surface area contributed by atoms with Crippen molar-refractivity contribution in [2.24, 2.45) is 0 Å². The molecule has 0 amide bonds. The lowest BCUT2D eigenvalue weighted by atomic mass is 10.1. The average molecular weight is 272 g/mol. The number of fused-ring (bicyclic) bond motifs is 1. The Morgan fingerprint density at radius 2 is 1.95 bits per heavy atom. The molecular formula is C16H17FN2O. The van der Waals surface area contributed by atoms with E-state index in [4.69, 9.17) is 0 Å². The molecule has 20 heavy (non-hydrogen) atoms. The van der Waals surface area contributed by atoms with Gasteiger partial charge in [-0.15, -0.1) is 0 Å². The molecule has 4 heteroatoms. The van der Waals surface area contributed by atoms with E-state index in [0.29, 0.717) is 17.8 Å². The van der Waals surface area contributed by atoms with Gasteiger partial charge in [-0.05, 0) is 37.3 Å². The predicted octanol–water partition coefficient (Wildman–Crippen LogP) is 2.77. The van der Waals surface area contributed by atoms with E-state index >= 15 is 0 Å². The minimum atomic E-state index is -0.259. The van der Waals surface area contributed by atoms with Crippen LogP contribution in [0.2, 0.25) is 0 Å². The Hall–Kier alpha value is -1.97. The Kier molecular flexibility index (Phi) is 3.63. The van der Waals surface area contributed by atoms with Crippen LogP contribution in [-0.4, -0.2) is 9.97 Å². The van der Waals surface area contributed by atoms with E-state index in [1.807, 2.05) is 0 Å². The molecule has 0 saturated heterocycles. The van der Waals surface area contributed by atoms with E-state index in [1.165, 1.54) is 6.07 Å². The van der Waals surface area contributed by atoms with E-state index < -0.39 is 0 Å². The number of aromatic amines is 1. The van der Waals surface area contributed by atoms with Crippen molar-refractivity contribution in [3.8, 4) is 0 Å². The fourth-order valence-corrected chi connectivity index (χ4v) is 2.74. The molecule has 0 saturated carbocycles. The number of H-pyrrole nitrogens is 1. The highest BCUT2D eigenvalue weighted by molar-refractivity contribution is 5.24. The molecule has 0 aliphatic heterocycles. The summed E-state index contributed by atoms with van der Waals surface area (Å²) in [6.45, 7) is 0. The molecular weight excluding hydrogens is 255 g/mol. The number of rotatable bonds is 2. The predicted molar refractivity (Wildman–Crippen MR) is 75.3 cm³/mol. The van der Waals surface area contributed by atoms with Crippen LogP contribution >= 0.6 is 0 Å². The van der Waals surface area contributed by atoms with Gasteiger partial charge in [-0.2, -0.15) is 0 Å². The largest absolute Gasteiger partial charge is 0.310 e. The number of hydrogen-bond acceptors (Lipinski definition) is 2. The molecule has 1 aliphatic carbocycles. The first kappa shape index (κ1) is 13.0. The number of aryl methyl sites for hydroxylation is 1. The monoisotopic (exact) mass is 272 g/mol. The number of aromatic nitrogens is 2. The van der Waals surface area contributed by atoms with E-state index in [1.54, 1.807) is 18.2 Å². The Morgan fingerprint density at radius 3 is 2.80 bits per heavy atom. The van der Waals surface area contributed by atoms with Crippen molar-refractivity contribution in [3.05, 3.63) is 63.1 Å². The van der Waals surface area contributed by atoms with E-state index in [2.05, 4.69) is 9.97 Å². The van der Waals surface area contributed by atoms with Crippen LogP contribution in [0.1, 0.15) is 41.9 Å². The van der Waals surface area contributed by atoms with Crippen LogP contribution in [-0.2, 0) is 19.3 Å². The first-order valence-electron chi connectivity index (χ1n) is 7.08. The zero-order valence-electron chi connectivity index (χ0n) is 11.3. The minimum absolute atomic E-state index is 0.0526. The molecule has 1 aromatic heterocycles. The number of nitrogens with zero attached hydrogens (tertiary/aromatic N) is 1. The van der Waals surface area contributed by atoms with Crippen molar-refractivity contribution in [1.29, 1.82) is 0 Å². The zero-order chi connectivity index (χ0) is 13.9. The molecule has 0 radical (unpaired) electrons. The summed E-state index contributed by atoms with van der Waals surface area (Å²) in [5.74, 6) is 0.297. The fraction of sp³-hybridized carbons (Fsp3) is 0.375. The molecule has 0 unspecified atom stereocenters. The molecule has 2 aromatic rings. The molecule has 3 nitrogen and oxygen atoms in total. The van der Waals surface area contributed by atoms with Gasteiger partial charge < -0.3 is 4.98 Å². The summed E-state index contributed by atoms with van der Waals surface area (Å²) in [7, 11) is 0. The molecule has 1 aliphatic rings.